The first-order chi connectivity index (χ1) is 13.8. The zero-order valence-electron chi connectivity index (χ0n) is 16.3. The smallest absolute Gasteiger partial charge is 0.262 e. The molecule has 29 heavy (non-hydrogen) atoms. The number of nitrogens with zero attached hydrogens (tertiary/aromatic N) is 1. The first-order valence-electron chi connectivity index (χ1n) is 9.15. The van der Waals surface area contributed by atoms with E-state index in [2.05, 4.69) is 5.32 Å². The minimum Gasteiger partial charge on any atom is -0.482 e. The van der Waals surface area contributed by atoms with Crippen LogP contribution in [0.5, 0.6) is 5.75 Å². The number of carbonyl (C=O) groups excluding carboxylic acids is 1. The molecule has 1 aliphatic rings. The van der Waals surface area contributed by atoms with Crippen LogP contribution < -0.4 is 10.1 Å². The van der Waals surface area contributed by atoms with Crippen molar-refractivity contribution in [1.82, 2.24) is 4.31 Å². The fourth-order valence-electron chi connectivity index (χ4n) is 2.85. The Bertz CT molecular complexity index is 1000. The number of benzene rings is 2. The number of ether oxygens (including phenoxy) is 2. The number of rotatable bonds is 6. The minimum atomic E-state index is -3.65. The van der Waals surface area contributed by atoms with Crippen molar-refractivity contribution in [3.8, 4) is 5.75 Å². The van der Waals surface area contributed by atoms with Gasteiger partial charge in [0.2, 0.25) is 10.0 Å². The van der Waals surface area contributed by atoms with Crippen molar-refractivity contribution in [2.24, 2.45) is 0 Å². The molecule has 1 N–H and O–H groups in total. The van der Waals surface area contributed by atoms with Crippen LogP contribution in [0.4, 0.5) is 5.69 Å². The van der Waals surface area contributed by atoms with E-state index in [0.29, 0.717) is 32.0 Å². The summed E-state index contributed by atoms with van der Waals surface area (Å²) >= 11 is 6.19. The molecule has 2 aromatic carbocycles. The molecule has 1 heterocycles. The summed E-state index contributed by atoms with van der Waals surface area (Å²) in [5.74, 6) is -0.0998. The van der Waals surface area contributed by atoms with Crippen molar-refractivity contribution in [2.75, 3.05) is 38.2 Å². The Balaban J connectivity index is 1.63. The summed E-state index contributed by atoms with van der Waals surface area (Å²) in [5, 5.41) is 2.88. The van der Waals surface area contributed by atoms with Gasteiger partial charge in [-0.2, -0.15) is 4.31 Å². The third kappa shape index (κ3) is 5.27. The monoisotopic (exact) mass is 438 g/mol. The standard InChI is InChI=1S/C20H23ClN2O5S/c1-14-3-4-16(11-15(14)2)22-20(24)13-28-19-6-5-17(12-18(19)21)29(25,26)23-7-9-27-10-8-23/h3-6,11-12H,7-10,13H2,1-2H3,(H,22,24). The summed E-state index contributed by atoms with van der Waals surface area (Å²) in [5.41, 5.74) is 2.89. The summed E-state index contributed by atoms with van der Waals surface area (Å²) in [4.78, 5) is 12.2. The van der Waals surface area contributed by atoms with Gasteiger partial charge in [-0.25, -0.2) is 8.42 Å². The molecule has 2 aromatic rings. The maximum atomic E-state index is 12.7. The molecule has 0 atom stereocenters. The van der Waals surface area contributed by atoms with Gasteiger partial charge in [-0.05, 0) is 55.3 Å². The van der Waals surface area contributed by atoms with E-state index in [1.165, 1.54) is 22.5 Å². The number of halogens is 1. The van der Waals surface area contributed by atoms with Crippen LogP contribution in [-0.4, -0.2) is 51.5 Å². The average Bonchev–Trinajstić information content (AvgIpc) is 2.70. The molecule has 1 amide bonds. The second kappa shape index (κ2) is 9.13. The highest BCUT2D eigenvalue weighted by molar-refractivity contribution is 7.89. The van der Waals surface area contributed by atoms with Crippen molar-refractivity contribution >= 4 is 33.2 Å². The quantitative estimate of drug-likeness (QED) is 0.749. The predicted octanol–water partition coefficient (Wildman–Crippen LogP) is 3.00. The van der Waals surface area contributed by atoms with Crippen molar-refractivity contribution in [3.05, 3.63) is 52.5 Å². The van der Waals surface area contributed by atoms with E-state index in [0.717, 1.165) is 11.1 Å². The Hall–Kier alpha value is -2.13. The molecule has 0 saturated carbocycles. The van der Waals surface area contributed by atoms with Crippen LogP contribution in [0.2, 0.25) is 5.02 Å². The Labute approximate surface area is 175 Å². The van der Waals surface area contributed by atoms with Gasteiger partial charge in [0.15, 0.2) is 6.61 Å². The second-order valence-electron chi connectivity index (χ2n) is 6.74. The molecule has 3 rings (SSSR count). The van der Waals surface area contributed by atoms with E-state index in [1.54, 1.807) is 0 Å². The lowest BCUT2D eigenvalue weighted by molar-refractivity contribution is -0.118. The van der Waals surface area contributed by atoms with Crippen LogP contribution in [-0.2, 0) is 19.6 Å². The highest BCUT2D eigenvalue weighted by Crippen LogP contribution is 2.29. The zero-order valence-corrected chi connectivity index (χ0v) is 17.8. The number of sulfonamides is 1. The molecule has 1 aliphatic heterocycles. The number of anilines is 1. The molecular formula is C20H23ClN2O5S. The topological polar surface area (TPSA) is 84.9 Å². The largest absolute Gasteiger partial charge is 0.482 e. The summed E-state index contributed by atoms with van der Waals surface area (Å²) < 4.78 is 37.4. The Kier molecular flexibility index (Phi) is 6.79. The van der Waals surface area contributed by atoms with E-state index in [4.69, 9.17) is 21.1 Å². The fraction of sp³-hybridized carbons (Fsp3) is 0.350. The summed E-state index contributed by atoms with van der Waals surface area (Å²) in [6.45, 7) is 5.05. The fourth-order valence-corrected chi connectivity index (χ4v) is 4.59. The minimum absolute atomic E-state index is 0.0799. The molecule has 0 radical (unpaired) electrons. The molecule has 1 saturated heterocycles. The van der Waals surface area contributed by atoms with Gasteiger partial charge >= 0.3 is 0 Å². The summed E-state index contributed by atoms with van der Waals surface area (Å²) in [6, 6.07) is 9.84. The van der Waals surface area contributed by atoms with Gasteiger partial charge in [-0.1, -0.05) is 17.7 Å². The molecule has 1 fully saturated rings. The predicted molar refractivity (Wildman–Crippen MR) is 111 cm³/mol. The van der Waals surface area contributed by atoms with Gasteiger partial charge in [0.25, 0.3) is 5.91 Å². The van der Waals surface area contributed by atoms with E-state index >= 15 is 0 Å². The van der Waals surface area contributed by atoms with Crippen molar-refractivity contribution < 1.29 is 22.7 Å². The first kappa shape index (κ1) is 21.6. The Morgan fingerprint density at radius 3 is 2.52 bits per heavy atom. The number of hydrogen-bond donors (Lipinski definition) is 1. The number of aryl methyl sites for hydroxylation is 2. The lowest BCUT2D eigenvalue weighted by Gasteiger charge is -2.26. The molecule has 156 valence electrons. The highest BCUT2D eigenvalue weighted by atomic mass is 35.5. The average molecular weight is 439 g/mol. The van der Waals surface area contributed by atoms with Gasteiger partial charge in [0.1, 0.15) is 5.75 Å². The first-order valence-corrected chi connectivity index (χ1v) is 11.0. The van der Waals surface area contributed by atoms with Crippen LogP contribution in [0.25, 0.3) is 0 Å². The lowest BCUT2D eigenvalue weighted by Crippen LogP contribution is -2.40. The number of morpholine rings is 1. The molecule has 9 heteroatoms. The van der Waals surface area contributed by atoms with Crippen LogP contribution in [0, 0.1) is 13.8 Å². The van der Waals surface area contributed by atoms with Gasteiger partial charge < -0.3 is 14.8 Å². The van der Waals surface area contributed by atoms with Gasteiger partial charge in [-0.15, -0.1) is 0 Å². The third-order valence-corrected chi connectivity index (χ3v) is 6.85. The summed E-state index contributed by atoms with van der Waals surface area (Å²) in [7, 11) is -3.65. The number of carbonyl (C=O) groups is 1. The molecule has 0 bridgehead atoms. The summed E-state index contributed by atoms with van der Waals surface area (Å²) in [6.07, 6.45) is 0. The molecule has 0 aliphatic carbocycles. The molecule has 7 nitrogen and oxygen atoms in total. The molecule has 0 spiro atoms. The lowest BCUT2D eigenvalue weighted by atomic mass is 10.1. The van der Waals surface area contributed by atoms with E-state index in [-0.39, 0.29) is 28.2 Å². The van der Waals surface area contributed by atoms with Crippen LogP contribution >= 0.6 is 11.6 Å². The maximum absolute atomic E-state index is 12.7. The van der Waals surface area contributed by atoms with Crippen molar-refractivity contribution in [2.45, 2.75) is 18.7 Å². The van der Waals surface area contributed by atoms with Crippen molar-refractivity contribution in [3.63, 3.8) is 0 Å². The van der Waals surface area contributed by atoms with Crippen LogP contribution in [0.3, 0.4) is 0 Å². The van der Waals surface area contributed by atoms with E-state index in [1.807, 2.05) is 32.0 Å². The highest BCUT2D eigenvalue weighted by Gasteiger charge is 2.27. The number of hydrogen-bond acceptors (Lipinski definition) is 5. The molecule has 0 aromatic heterocycles. The molecule has 0 unspecified atom stereocenters. The van der Waals surface area contributed by atoms with Gasteiger partial charge in [0, 0.05) is 18.8 Å². The normalized spacial score (nSPS) is 15.1. The van der Waals surface area contributed by atoms with Gasteiger partial charge in [-0.3, -0.25) is 4.79 Å². The Morgan fingerprint density at radius 1 is 1.14 bits per heavy atom. The molecular weight excluding hydrogens is 416 g/mol. The third-order valence-electron chi connectivity index (χ3n) is 4.66. The number of nitrogens with one attached hydrogen (secondary N) is 1. The van der Waals surface area contributed by atoms with Crippen LogP contribution in [0.15, 0.2) is 41.3 Å². The van der Waals surface area contributed by atoms with Gasteiger partial charge in [0.05, 0.1) is 23.1 Å². The van der Waals surface area contributed by atoms with E-state index < -0.39 is 10.0 Å². The number of amides is 1. The van der Waals surface area contributed by atoms with E-state index in [9.17, 15) is 13.2 Å². The zero-order chi connectivity index (χ0) is 21.0. The van der Waals surface area contributed by atoms with Crippen molar-refractivity contribution in [1.29, 1.82) is 0 Å². The maximum Gasteiger partial charge on any atom is 0.262 e. The Morgan fingerprint density at radius 2 is 1.86 bits per heavy atom. The van der Waals surface area contributed by atoms with Crippen LogP contribution in [0.1, 0.15) is 11.1 Å². The SMILES string of the molecule is Cc1ccc(NC(=O)COc2ccc(S(=O)(=O)N3CCOCC3)cc2Cl)cc1C. The second-order valence-corrected chi connectivity index (χ2v) is 9.09.